The fraction of sp³-hybridized carbons (Fsp3) is 0.294. The molecule has 20 heavy (non-hydrogen) atoms. The summed E-state index contributed by atoms with van der Waals surface area (Å²) in [5.41, 5.74) is 2.76. The van der Waals surface area contributed by atoms with Gasteiger partial charge >= 0.3 is 0 Å². The van der Waals surface area contributed by atoms with Gasteiger partial charge in [0.2, 0.25) is 0 Å². The van der Waals surface area contributed by atoms with Gasteiger partial charge in [0.25, 0.3) is 0 Å². The maximum Gasteiger partial charge on any atom is 0.165 e. The maximum atomic E-state index is 10.1. The fourth-order valence-electron chi connectivity index (χ4n) is 2.18. The van der Waals surface area contributed by atoms with Crippen LogP contribution in [0.3, 0.4) is 0 Å². The first kappa shape index (κ1) is 14.3. The van der Waals surface area contributed by atoms with E-state index in [0.29, 0.717) is 11.1 Å². The summed E-state index contributed by atoms with van der Waals surface area (Å²) in [6.45, 7) is 8.07. The van der Waals surface area contributed by atoms with Crippen LogP contribution < -0.4 is 0 Å². The number of rotatable bonds is 1. The number of hydrogen-bond acceptors (Lipinski definition) is 3. The largest absolute Gasteiger partial charge is 0.507 e. The van der Waals surface area contributed by atoms with Crippen LogP contribution in [0.15, 0.2) is 30.3 Å². The highest BCUT2D eigenvalue weighted by molar-refractivity contribution is 5.78. The smallest absolute Gasteiger partial charge is 0.165 e. The summed E-state index contributed by atoms with van der Waals surface area (Å²) >= 11 is 0. The van der Waals surface area contributed by atoms with Crippen molar-refractivity contribution in [3.63, 3.8) is 0 Å². The second kappa shape index (κ2) is 4.75. The number of phenolic OH excluding ortho intramolecular Hbond substituents is 3. The molecule has 0 radical (unpaired) electrons. The Labute approximate surface area is 119 Å². The Kier molecular flexibility index (Phi) is 3.38. The average Bonchev–Trinajstić information content (AvgIpc) is 2.33. The molecule has 3 N–H and O–H groups in total. The highest BCUT2D eigenvalue weighted by atomic mass is 16.3. The van der Waals surface area contributed by atoms with Gasteiger partial charge in [-0.2, -0.15) is 0 Å². The van der Waals surface area contributed by atoms with E-state index < -0.39 is 0 Å². The number of phenols is 3. The summed E-state index contributed by atoms with van der Waals surface area (Å²) in [5, 5.41) is 29.8. The molecule has 0 atom stereocenters. The van der Waals surface area contributed by atoms with Gasteiger partial charge in [-0.1, -0.05) is 26.8 Å². The number of benzene rings is 2. The lowest BCUT2D eigenvalue weighted by Gasteiger charge is -2.21. The molecule has 0 saturated carbocycles. The van der Waals surface area contributed by atoms with Crippen molar-refractivity contribution in [2.24, 2.45) is 0 Å². The first-order valence-electron chi connectivity index (χ1n) is 6.56. The number of aromatic hydroxyl groups is 3. The normalized spacial score (nSPS) is 11.6. The van der Waals surface area contributed by atoms with E-state index in [1.807, 2.05) is 19.1 Å². The monoisotopic (exact) mass is 272 g/mol. The van der Waals surface area contributed by atoms with Crippen LogP contribution in [0.25, 0.3) is 11.1 Å². The molecule has 3 heteroatoms. The Morgan fingerprint density at radius 3 is 2.05 bits per heavy atom. The molecule has 0 bridgehead atoms. The van der Waals surface area contributed by atoms with Gasteiger partial charge in [-0.15, -0.1) is 0 Å². The molecule has 0 fully saturated rings. The highest BCUT2D eigenvalue weighted by Crippen LogP contribution is 2.42. The second-order valence-corrected chi connectivity index (χ2v) is 6.16. The van der Waals surface area contributed by atoms with E-state index in [-0.39, 0.29) is 22.7 Å². The van der Waals surface area contributed by atoms with Crippen molar-refractivity contribution in [1.82, 2.24) is 0 Å². The van der Waals surface area contributed by atoms with Crippen molar-refractivity contribution in [3.8, 4) is 28.4 Å². The summed E-state index contributed by atoms with van der Waals surface area (Å²) < 4.78 is 0. The van der Waals surface area contributed by atoms with Crippen molar-refractivity contribution in [1.29, 1.82) is 0 Å². The molecular weight excluding hydrogens is 252 g/mol. The van der Waals surface area contributed by atoms with Crippen molar-refractivity contribution in [3.05, 3.63) is 41.5 Å². The molecule has 2 rings (SSSR count). The zero-order valence-corrected chi connectivity index (χ0v) is 12.2. The highest BCUT2D eigenvalue weighted by Gasteiger charge is 2.18. The zero-order chi connectivity index (χ0) is 15.1. The molecule has 0 saturated heterocycles. The summed E-state index contributed by atoms with van der Waals surface area (Å²) in [7, 11) is 0. The Morgan fingerprint density at radius 1 is 0.800 bits per heavy atom. The summed E-state index contributed by atoms with van der Waals surface area (Å²) in [4.78, 5) is 0. The SMILES string of the molecule is Cc1cc(O)c(O)c(-c2cc(C(C)(C)C)ccc2O)c1. The summed E-state index contributed by atoms with van der Waals surface area (Å²) in [6, 6.07) is 8.57. The predicted octanol–water partition coefficient (Wildman–Crippen LogP) is 4.08. The van der Waals surface area contributed by atoms with Crippen LogP contribution in [0.4, 0.5) is 0 Å². The predicted molar refractivity (Wildman–Crippen MR) is 80.3 cm³/mol. The first-order valence-corrected chi connectivity index (χ1v) is 6.56. The van der Waals surface area contributed by atoms with Gasteiger partial charge in [0.15, 0.2) is 11.5 Å². The van der Waals surface area contributed by atoms with Crippen molar-refractivity contribution < 1.29 is 15.3 Å². The minimum Gasteiger partial charge on any atom is -0.507 e. The number of hydrogen-bond donors (Lipinski definition) is 3. The van der Waals surface area contributed by atoms with E-state index >= 15 is 0 Å². The van der Waals surface area contributed by atoms with E-state index in [2.05, 4.69) is 20.8 Å². The molecule has 0 unspecified atom stereocenters. The molecule has 0 spiro atoms. The van der Waals surface area contributed by atoms with Gasteiger partial charge in [0, 0.05) is 11.1 Å². The van der Waals surface area contributed by atoms with E-state index in [4.69, 9.17) is 0 Å². The van der Waals surface area contributed by atoms with Gasteiger partial charge in [-0.25, -0.2) is 0 Å². The molecular formula is C17H20O3. The number of aryl methyl sites for hydroxylation is 1. The van der Waals surface area contributed by atoms with Crippen LogP contribution in [-0.4, -0.2) is 15.3 Å². The van der Waals surface area contributed by atoms with E-state index in [0.717, 1.165) is 11.1 Å². The molecule has 0 aliphatic heterocycles. The lowest BCUT2D eigenvalue weighted by Crippen LogP contribution is -2.10. The van der Waals surface area contributed by atoms with E-state index in [1.54, 1.807) is 12.1 Å². The summed E-state index contributed by atoms with van der Waals surface area (Å²) in [6.07, 6.45) is 0. The lowest BCUT2D eigenvalue weighted by atomic mass is 9.85. The topological polar surface area (TPSA) is 60.7 Å². The van der Waals surface area contributed by atoms with E-state index in [9.17, 15) is 15.3 Å². The molecule has 0 aliphatic rings. The van der Waals surface area contributed by atoms with Gasteiger partial charge in [-0.3, -0.25) is 0 Å². The standard InChI is InChI=1S/C17H20O3/c1-10-7-13(16(20)15(19)8-10)12-9-11(17(2,3)4)5-6-14(12)18/h5-9,18-20H,1-4H3. The fourth-order valence-corrected chi connectivity index (χ4v) is 2.18. The minimum absolute atomic E-state index is 0.0655. The third-order valence-electron chi connectivity index (χ3n) is 3.39. The van der Waals surface area contributed by atoms with E-state index in [1.165, 1.54) is 6.07 Å². The van der Waals surface area contributed by atoms with Crippen molar-refractivity contribution in [2.75, 3.05) is 0 Å². The quantitative estimate of drug-likeness (QED) is 0.686. The molecule has 0 aromatic heterocycles. The van der Waals surface area contributed by atoms with Crippen LogP contribution in [0, 0.1) is 6.92 Å². The van der Waals surface area contributed by atoms with Crippen LogP contribution >= 0.6 is 0 Å². The molecule has 0 aliphatic carbocycles. The van der Waals surface area contributed by atoms with Crippen LogP contribution in [0.1, 0.15) is 31.9 Å². The molecule has 2 aromatic carbocycles. The lowest BCUT2D eigenvalue weighted by molar-refractivity contribution is 0.404. The van der Waals surface area contributed by atoms with Gasteiger partial charge in [0.1, 0.15) is 5.75 Å². The van der Waals surface area contributed by atoms with Crippen LogP contribution in [-0.2, 0) is 5.41 Å². The Bertz CT molecular complexity index is 652. The Balaban J connectivity index is 2.70. The zero-order valence-electron chi connectivity index (χ0n) is 12.2. The van der Waals surface area contributed by atoms with Crippen LogP contribution in [0.5, 0.6) is 17.2 Å². The molecule has 0 amide bonds. The van der Waals surface area contributed by atoms with Crippen molar-refractivity contribution >= 4 is 0 Å². The van der Waals surface area contributed by atoms with Crippen molar-refractivity contribution in [2.45, 2.75) is 33.1 Å². The molecule has 0 heterocycles. The van der Waals surface area contributed by atoms with Crippen LogP contribution in [0.2, 0.25) is 0 Å². The first-order chi connectivity index (χ1) is 9.20. The molecule has 106 valence electrons. The third kappa shape index (κ3) is 2.57. The molecule has 3 nitrogen and oxygen atoms in total. The average molecular weight is 272 g/mol. The minimum atomic E-state index is -0.211. The Morgan fingerprint density at radius 2 is 1.45 bits per heavy atom. The van der Waals surface area contributed by atoms with Gasteiger partial charge < -0.3 is 15.3 Å². The van der Waals surface area contributed by atoms with Gasteiger partial charge in [0.05, 0.1) is 0 Å². The maximum absolute atomic E-state index is 10.1. The third-order valence-corrected chi connectivity index (χ3v) is 3.39. The van der Waals surface area contributed by atoms with Gasteiger partial charge in [-0.05, 0) is 47.7 Å². The molecule has 2 aromatic rings. The second-order valence-electron chi connectivity index (χ2n) is 6.16. The summed E-state index contributed by atoms with van der Waals surface area (Å²) in [5.74, 6) is -0.309. The Hall–Kier alpha value is -2.16.